The molecular formula is C14H18BrNOS2. The van der Waals surface area contributed by atoms with Crippen LogP contribution >= 0.6 is 27.3 Å². The third-order valence-corrected chi connectivity index (χ3v) is 6.94. The summed E-state index contributed by atoms with van der Waals surface area (Å²) in [5.74, 6) is 0. The van der Waals surface area contributed by atoms with Crippen molar-refractivity contribution >= 4 is 48.7 Å². The third-order valence-electron chi connectivity index (χ3n) is 2.79. The Morgan fingerprint density at radius 3 is 2.53 bits per heavy atom. The fraction of sp³-hybridized carbons (Fsp3) is 0.429. The van der Waals surface area contributed by atoms with Gasteiger partial charge in [-0.25, -0.2) is 0 Å². The first-order chi connectivity index (χ1) is 8.80. The maximum absolute atomic E-state index is 12.2. The highest BCUT2D eigenvalue weighted by atomic mass is 79.9. The molecule has 2 nitrogen and oxygen atoms in total. The van der Waals surface area contributed by atoms with Crippen molar-refractivity contribution in [3.8, 4) is 0 Å². The molecule has 5 heteroatoms. The number of benzene rings is 1. The van der Waals surface area contributed by atoms with Crippen LogP contribution in [0.1, 0.15) is 38.6 Å². The molecule has 0 saturated carbocycles. The van der Waals surface area contributed by atoms with E-state index in [1.807, 2.05) is 32.9 Å². The molecule has 1 aromatic carbocycles. The molecule has 1 aromatic heterocycles. The fourth-order valence-electron chi connectivity index (χ4n) is 1.70. The van der Waals surface area contributed by atoms with Crippen molar-refractivity contribution in [3.63, 3.8) is 0 Å². The Kier molecular flexibility index (Phi) is 4.63. The summed E-state index contributed by atoms with van der Waals surface area (Å²) in [7, 11) is 0. The number of nitrogens with one attached hydrogen (secondary N) is 1. The molecule has 0 radical (unpaired) electrons. The minimum atomic E-state index is -1.06. The quantitative estimate of drug-likeness (QED) is 0.800. The van der Waals surface area contributed by atoms with Crippen molar-refractivity contribution in [2.45, 2.75) is 38.5 Å². The second-order valence-electron chi connectivity index (χ2n) is 5.50. The lowest BCUT2D eigenvalue weighted by Gasteiger charge is -2.26. The first kappa shape index (κ1) is 15.3. The van der Waals surface area contributed by atoms with Crippen molar-refractivity contribution in [2.24, 2.45) is 0 Å². The van der Waals surface area contributed by atoms with Crippen LogP contribution in [0.15, 0.2) is 28.7 Å². The van der Waals surface area contributed by atoms with Gasteiger partial charge in [-0.2, -0.15) is 0 Å². The smallest absolute Gasteiger partial charge is 0.136 e. The summed E-state index contributed by atoms with van der Waals surface area (Å²) >= 11 is 4.34. The van der Waals surface area contributed by atoms with Crippen LogP contribution < -0.4 is 4.72 Å². The molecule has 0 spiro atoms. The summed E-state index contributed by atoms with van der Waals surface area (Å²) in [6, 6.07) is 8.36. The molecular weight excluding hydrogens is 342 g/mol. The lowest BCUT2D eigenvalue weighted by atomic mass is 10.2. The van der Waals surface area contributed by atoms with Crippen molar-refractivity contribution < 1.29 is 4.55 Å². The normalized spacial score (nSPS) is 15.7. The van der Waals surface area contributed by atoms with Crippen LogP contribution in [-0.4, -0.2) is 9.30 Å². The van der Waals surface area contributed by atoms with Gasteiger partial charge in [0.25, 0.3) is 0 Å². The Morgan fingerprint density at radius 1 is 1.32 bits per heavy atom. The van der Waals surface area contributed by atoms with Crippen LogP contribution in [0.3, 0.4) is 0 Å². The molecule has 2 atom stereocenters. The number of hydrogen-bond donors (Lipinski definition) is 1. The van der Waals surface area contributed by atoms with Crippen LogP contribution in [0.4, 0.5) is 0 Å². The summed E-state index contributed by atoms with van der Waals surface area (Å²) in [5.41, 5.74) is 0. The van der Waals surface area contributed by atoms with Crippen molar-refractivity contribution in [1.82, 2.24) is 4.72 Å². The van der Waals surface area contributed by atoms with Crippen molar-refractivity contribution in [3.05, 3.63) is 33.6 Å². The molecule has 2 rings (SSSR count). The van der Waals surface area contributed by atoms with Gasteiger partial charge in [0, 0.05) is 30.8 Å². The number of thiophene rings is 1. The van der Waals surface area contributed by atoms with Crippen LogP contribution in [0, 0.1) is 0 Å². The standard InChI is InChI=1S/C14H18BrNOS2/c1-9(16-19(17)14(2,3)4)13-12(15)10-7-5-6-8-11(10)18-13/h5-9,16H,1-4H3. The predicted molar refractivity (Wildman–Crippen MR) is 89.0 cm³/mol. The molecule has 0 amide bonds. The first-order valence-corrected chi connectivity index (χ1v) is 8.91. The molecule has 0 aliphatic heterocycles. The average Bonchev–Trinajstić information content (AvgIpc) is 2.66. The summed E-state index contributed by atoms with van der Waals surface area (Å²) in [6.07, 6.45) is 0. The van der Waals surface area contributed by atoms with Gasteiger partial charge in [-0.15, -0.1) is 16.1 Å². The van der Waals surface area contributed by atoms with E-state index >= 15 is 0 Å². The Labute approximate surface area is 130 Å². The van der Waals surface area contributed by atoms with Crippen LogP contribution in [0.25, 0.3) is 10.1 Å². The minimum absolute atomic E-state index is 0.0619. The van der Waals surface area contributed by atoms with Crippen LogP contribution in [-0.2, 0) is 11.4 Å². The molecule has 0 saturated heterocycles. The zero-order valence-corrected chi connectivity index (χ0v) is 14.7. The van der Waals surface area contributed by atoms with Crippen LogP contribution in [0.2, 0.25) is 0 Å². The van der Waals surface area contributed by atoms with Gasteiger partial charge in [-0.1, -0.05) is 18.2 Å². The topological polar surface area (TPSA) is 35.1 Å². The minimum Gasteiger partial charge on any atom is -0.598 e. The number of rotatable bonds is 3. The van der Waals surface area contributed by atoms with Crippen molar-refractivity contribution in [2.75, 3.05) is 0 Å². The summed E-state index contributed by atoms with van der Waals surface area (Å²) in [5, 5.41) is 1.22. The fourth-order valence-corrected chi connectivity index (χ4v) is 4.73. The largest absolute Gasteiger partial charge is 0.598 e. The lowest BCUT2D eigenvalue weighted by Crippen LogP contribution is -2.40. The van der Waals surface area contributed by atoms with Gasteiger partial charge in [0.1, 0.15) is 4.75 Å². The molecule has 0 bridgehead atoms. The van der Waals surface area contributed by atoms with E-state index in [4.69, 9.17) is 0 Å². The van der Waals surface area contributed by atoms with E-state index in [2.05, 4.69) is 39.7 Å². The van der Waals surface area contributed by atoms with E-state index in [0.717, 1.165) is 4.47 Å². The highest BCUT2D eigenvalue weighted by Crippen LogP contribution is 2.39. The van der Waals surface area contributed by atoms with Gasteiger partial charge in [-0.3, -0.25) is 0 Å². The molecule has 1 heterocycles. The third kappa shape index (κ3) is 3.34. The molecule has 19 heavy (non-hydrogen) atoms. The van der Waals surface area contributed by atoms with Gasteiger partial charge >= 0.3 is 0 Å². The first-order valence-electron chi connectivity index (χ1n) is 6.15. The summed E-state index contributed by atoms with van der Waals surface area (Å²) in [6.45, 7) is 7.98. The number of hydrogen-bond acceptors (Lipinski definition) is 3. The average molecular weight is 360 g/mol. The van der Waals surface area contributed by atoms with Gasteiger partial charge in [0.2, 0.25) is 0 Å². The van der Waals surface area contributed by atoms with Gasteiger partial charge in [0.15, 0.2) is 0 Å². The second kappa shape index (κ2) is 5.74. The number of fused-ring (bicyclic) bond motifs is 1. The molecule has 2 aromatic rings. The van der Waals surface area contributed by atoms with Gasteiger partial charge in [-0.05, 0) is 49.7 Å². The Morgan fingerprint density at radius 2 is 1.95 bits per heavy atom. The number of halogens is 1. The molecule has 0 aliphatic rings. The molecule has 2 unspecified atom stereocenters. The molecule has 104 valence electrons. The van der Waals surface area contributed by atoms with E-state index in [9.17, 15) is 4.55 Å². The molecule has 0 fully saturated rings. The Hall–Kier alpha value is -0.0700. The maximum atomic E-state index is 12.2. The van der Waals surface area contributed by atoms with E-state index in [1.54, 1.807) is 11.3 Å². The van der Waals surface area contributed by atoms with E-state index < -0.39 is 11.4 Å². The Bertz CT molecular complexity index is 576. The highest BCUT2D eigenvalue weighted by Gasteiger charge is 2.29. The van der Waals surface area contributed by atoms with E-state index in [1.165, 1.54) is 15.0 Å². The van der Waals surface area contributed by atoms with Gasteiger partial charge < -0.3 is 4.55 Å². The predicted octanol–water partition coefficient (Wildman–Crippen LogP) is 4.78. The van der Waals surface area contributed by atoms with E-state index in [0.29, 0.717) is 0 Å². The zero-order valence-electron chi connectivity index (χ0n) is 11.5. The molecule has 1 N–H and O–H groups in total. The summed E-state index contributed by atoms with van der Waals surface area (Å²) in [4.78, 5) is 1.19. The summed E-state index contributed by atoms with van der Waals surface area (Å²) < 4.78 is 17.5. The maximum Gasteiger partial charge on any atom is 0.136 e. The molecule has 0 aliphatic carbocycles. The Balaban J connectivity index is 2.27. The highest BCUT2D eigenvalue weighted by molar-refractivity contribution is 9.10. The van der Waals surface area contributed by atoms with Crippen molar-refractivity contribution in [1.29, 1.82) is 0 Å². The SMILES string of the molecule is CC(N[S+]([O-])C(C)(C)C)c1sc2ccccc2c1Br. The monoisotopic (exact) mass is 359 g/mol. The van der Waals surface area contributed by atoms with Gasteiger partial charge in [0.05, 0.1) is 6.04 Å². The van der Waals surface area contributed by atoms with E-state index in [-0.39, 0.29) is 10.8 Å². The zero-order chi connectivity index (χ0) is 14.2. The second-order valence-corrected chi connectivity index (χ2v) is 9.37. The lowest BCUT2D eigenvalue weighted by molar-refractivity contribution is 0.532. The van der Waals surface area contributed by atoms with Crippen LogP contribution in [0.5, 0.6) is 0 Å².